The molecule has 0 radical (unpaired) electrons. The number of hydrogen-bond acceptors (Lipinski definition) is 6. The number of aliphatic hydroxyl groups is 1. The lowest BCUT2D eigenvalue weighted by Crippen LogP contribution is -2.50. The van der Waals surface area contributed by atoms with Crippen LogP contribution in [0.4, 0.5) is 5.13 Å². The number of aromatic nitrogens is 2. The van der Waals surface area contributed by atoms with E-state index in [1.807, 2.05) is 35.2 Å². The van der Waals surface area contributed by atoms with Gasteiger partial charge in [-0.25, -0.2) is 0 Å². The van der Waals surface area contributed by atoms with Crippen molar-refractivity contribution < 1.29 is 9.90 Å². The van der Waals surface area contributed by atoms with Gasteiger partial charge in [0.05, 0.1) is 12.0 Å². The maximum atomic E-state index is 12.9. The highest BCUT2D eigenvalue weighted by Gasteiger charge is 2.48. The largest absolute Gasteiger partial charge is 0.395 e. The molecule has 1 amide bonds. The molecule has 2 aliphatic heterocycles. The third-order valence-electron chi connectivity index (χ3n) is 5.25. The predicted molar refractivity (Wildman–Crippen MR) is 97.5 cm³/mol. The standard InChI is InChI=1S/C18H22N4O2S/c23-12-11-21-9-4-7-18(16(21)24)8-10-22(13-18)17-20-19-15(25-17)14-5-2-1-3-6-14/h1-3,5-6,23H,4,7-13H2. The zero-order chi connectivity index (χ0) is 17.3. The van der Waals surface area contributed by atoms with E-state index in [9.17, 15) is 9.90 Å². The minimum atomic E-state index is -0.313. The fourth-order valence-corrected chi connectivity index (χ4v) is 4.82. The molecule has 2 fully saturated rings. The molecule has 0 bridgehead atoms. The third-order valence-corrected chi connectivity index (χ3v) is 6.29. The van der Waals surface area contributed by atoms with Crippen LogP contribution in [0.3, 0.4) is 0 Å². The molecular weight excluding hydrogens is 336 g/mol. The van der Waals surface area contributed by atoms with Crippen LogP contribution in [0.15, 0.2) is 30.3 Å². The molecule has 7 heteroatoms. The average Bonchev–Trinajstić information content (AvgIpc) is 3.28. The zero-order valence-electron chi connectivity index (χ0n) is 14.1. The number of rotatable bonds is 4. The Hall–Kier alpha value is -1.99. The summed E-state index contributed by atoms with van der Waals surface area (Å²) in [7, 11) is 0. The van der Waals surface area contributed by atoms with Gasteiger partial charge in [0.1, 0.15) is 5.01 Å². The Bertz CT molecular complexity index is 749. The molecule has 1 aromatic heterocycles. The highest BCUT2D eigenvalue weighted by molar-refractivity contribution is 7.18. The average molecular weight is 358 g/mol. The first-order valence-electron chi connectivity index (χ1n) is 8.76. The van der Waals surface area contributed by atoms with Crippen LogP contribution in [0.5, 0.6) is 0 Å². The molecule has 6 nitrogen and oxygen atoms in total. The molecule has 1 N–H and O–H groups in total. The number of nitrogens with zero attached hydrogens (tertiary/aromatic N) is 4. The fraction of sp³-hybridized carbons (Fsp3) is 0.500. The topological polar surface area (TPSA) is 69.6 Å². The van der Waals surface area contributed by atoms with Crippen LogP contribution < -0.4 is 4.90 Å². The van der Waals surface area contributed by atoms with Gasteiger partial charge in [-0.1, -0.05) is 41.7 Å². The Morgan fingerprint density at radius 3 is 2.80 bits per heavy atom. The van der Waals surface area contributed by atoms with E-state index in [1.54, 1.807) is 11.3 Å². The Labute approximate surface area is 151 Å². The minimum absolute atomic E-state index is 0.0301. The second kappa shape index (κ2) is 6.72. The summed E-state index contributed by atoms with van der Waals surface area (Å²) in [6, 6.07) is 10.1. The molecule has 2 aliphatic rings. The van der Waals surface area contributed by atoms with Crippen molar-refractivity contribution in [2.45, 2.75) is 19.3 Å². The van der Waals surface area contributed by atoms with Gasteiger partial charge < -0.3 is 14.9 Å². The Morgan fingerprint density at radius 2 is 2.00 bits per heavy atom. The van der Waals surface area contributed by atoms with Gasteiger partial charge in [0.25, 0.3) is 0 Å². The second-order valence-electron chi connectivity index (χ2n) is 6.83. The summed E-state index contributed by atoms with van der Waals surface area (Å²) < 4.78 is 0. The van der Waals surface area contributed by atoms with E-state index in [1.165, 1.54) is 0 Å². The first-order valence-corrected chi connectivity index (χ1v) is 9.58. The highest BCUT2D eigenvalue weighted by Crippen LogP contribution is 2.42. The van der Waals surface area contributed by atoms with Gasteiger partial charge in [-0.3, -0.25) is 4.79 Å². The Balaban J connectivity index is 1.51. The Morgan fingerprint density at radius 1 is 1.16 bits per heavy atom. The maximum absolute atomic E-state index is 12.9. The summed E-state index contributed by atoms with van der Waals surface area (Å²) in [5.41, 5.74) is 0.759. The van der Waals surface area contributed by atoms with Crippen molar-refractivity contribution in [3.63, 3.8) is 0 Å². The molecule has 4 rings (SSSR count). The van der Waals surface area contributed by atoms with E-state index in [4.69, 9.17) is 0 Å². The number of carbonyl (C=O) groups is 1. The van der Waals surface area contributed by atoms with Gasteiger partial charge in [-0.2, -0.15) is 0 Å². The SMILES string of the molecule is O=C1N(CCO)CCCC12CCN(c1nnc(-c3ccccc3)s1)C2. The molecule has 1 aromatic carbocycles. The minimum Gasteiger partial charge on any atom is -0.395 e. The van der Waals surface area contributed by atoms with E-state index >= 15 is 0 Å². The van der Waals surface area contributed by atoms with E-state index in [-0.39, 0.29) is 17.9 Å². The molecule has 2 saturated heterocycles. The first kappa shape index (κ1) is 16.5. The number of benzene rings is 1. The lowest BCUT2D eigenvalue weighted by atomic mass is 9.78. The van der Waals surface area contributed by atoms with Crippen LogP contribution in [0.25, 0.3) is 10.6 Å². The fourth-order valence-electron chi connectivity index (χ4n) is 3.94. The van der Waals surface area contributed by atoms with Crippen LogP contribution >= 0.6 is 11.3 Å². The summed E-state index contributed by atoms with van der Waals surface area (Å²) in [5, 5.41) is 19.7. The number of β-amino-alcohol motifs (C(OH)–C–C–N with tert-alkyl or cyclic N) is 1. The molecule has 1 spiro atoms. The lowest BCUT2D eigenvalue weighted by molar-refractivity contribution is -0.145. The molecule has 3 heterocycles. The van der Waals surface area contributed by atoms with Gasteiger partial charge in [0, 0.05) is 31.7 Å². The lowest BCUT2D eigenvalue weighted by Gasteiger charge is -2.39. The third kappa shape index (κ3) is 3.02. The summed E-state index contributed by atoms with van der Waals surface area (Å²) >= 11 is 1.58. The molecular formula is C18H22N4O2S. The van der Waals surface area contributed by atoms with Crippen LogP contribution in [0, 0.1) is 5.41 Å². The van der Waals surface area contributed by atoms with Crippen LogP contribution in [-0.2, 0) is 4.79 Å². The number of carbonyl (C=O) groups excluding carboxylic acids is 1. The van der Waals surface area contributed by atoms with Crippen LogP contribution in [-0.4, -0.2) is 58.9 Å². The van der Waals surface area contributed by atoms with Crippen molar-refractivity contribution in [2.75, 3.05) is 37.7 Å². The van der Waals surface area contributed by atoms with Crippen molar-refractivity contribution in [3.05, 3.63) is 30.3 Å². The van der Waals surface area contributed by atoms with Crippen LogP contribution in [0.1, 0.15) is 19.3 Å². The number of likely N-dealkylation sites (tertiary alicyclic amines) is 1. The maximum Gasteiger partial charge on any atom is 0.230 e. The van der Waals surface area contributed by atoms with E-state index < -0.39 is 0 Å². The molecule has 25 heavy (non-hydrogen) atoms. The van der Waals surface area contributed by atoms with Crippen molar-refractivity contribution in [3.8, 4) is 10.6 Å². The van der Waals surface area contributed by atoms with Crippen molar-refractivity contribution in [1.82, 2.24) is 15.1 Å². The smallest absolute Gasteiger partial charge is 0.230 e. The molecule has 1 atom stereocenters. The van der Waals surface area contributed by atoms with Crippen molar-refractivity contribution >= 4 is 22.4 Å². The molecule has 2 aromatic rings. The Kier molecular flexibility index (Phi) is 4.43. The number of hydrogen-bond donors (Lipinski definition) is 1. The normalized spacial score (nSPS) is 23.6. The van der Waals surface area contributed by atoms with E-state index in [2.05, 4.69) is 15.1 Å². The predicted octanol–water partition coefficient (Wildman–Crippen LogP) is 2.02. The van der Waals surface area contributed by atoms with E-state index in [0.717, 1.165) is 48.1 Å². The number of anilines is 1. The van der Waals surface area contributed by atoms with Gasteiger partial charge in [-0.15, -0.1) is 10.2 Å². The summed E-state index contributed by atoms with van der Waals surface area (Å²) in [5.74, 6) is 0.197. The molecule has 0 saturated carbocycles. The highest BCUT2D eigenvalue weighted by atomic mass is 32.1. The van der Waals surface area contributed by atoms with Gasteiger partial charge in [0.15, 0.2) is 0 Å². The van der Waals surface area contributed by atoms with Crippen LogP contribution in [0.2, 0.25) is 0 Å². The van der Waals surface area contributed by atoms with Gasteiger partial charge in [0.2, 0.25) is 11.0 Å². The van der Waals surface area contributed by atoms with Gasteiger partial charge in [-0.05, 0) is 19.3 Å². The summed E-state index contributed by atoms with van der Waals surface area (Å²) in [6.07, 6.45) is 2.79. The number of piperidine rings is 1. The van der Waals surface area contributed by atoms with Gasteiger partial charge >= 0.3 is 0 Å². The van der Waals surface area contributed by atoms with Crippen molar-refractivity contribution in [2.24, 2.45) is 5.41 Å². The second-order valence-corrected chi connectivity index (χ2v) is 7.78. The summed E-state index contributed by atoms with van der Waals surface area (Å²) in [6.45, 7) is 2.78. The summed E-state index contributed by atoms with van der Waals surface area (Å²) in [4.78, 5) is 16.9. The number of amides is 1. The first-order chi connectivity index (χ1) is 12.2. The molecule has 132 valence electrons. The molecule has 0 aliphatic carbocycles. The van der Waals surface area contributed by atoms with E-state index in [0.29, 0.717) is 13.1 Å². The molecule has 1 unspecified atom stereocenters. The number of aliphatic hydroxyl groups excluding tert-OH is 1. The van der Waals surface area contributed by atoms with Crippen molar-refractivity contribution in [1.29, 1.82) is 0 Å². The monoisotopic (exact) mass is 358 g/mol. The quantitative estimate of drug-likeness (QED) is 0.905. The zero-order valence-corrected chi connectivity index (χ0v) is 14.9.